The summed E-state index contributed by atoms with van der Waals surface area (Å²) < 4.78 is 32.6. The van der Waals surface area contributed by atoms with E-state index in [4.69, 9.17) is 4.74 Å². The number of rotatable bonds is 10. The Morgan fingerprint density at radius 1 is 1.11 bits per heavy atom. The third-order valence-electron chi connectivity index (χ3n) is 6.40. The van der Waals surface area contributed by atoms with E-state index in [2.05, 4.69) is 27.9 Å². The van der Waals surface area contributed by atoms with Gasteiger partial charge in [-0.1, -0.05) is 31.4 Å². The molecule has 0 radical (unpaired) electrons. The lowest BCUT2D eigenvalue weighted by Crippen LogP contribution is -2.52. The fraction of sp³-hybridized carbons (Fsp3) is 0.462. The molecule has 0 bridgehead atoms. The minimum Gasteiger partial charge on any atom is -0.497 e. The summed E-state index contributed by atoms with van der Waals surface area (Å²) >= 11 is 2.14. The van der Waals surface area contributed by atoms with Crippen LogP contribution in [0.4, 0.5) is 5.69 Å². The van der Waals surface area contributed by atoms with Gasteiger partial charge < -0.3 is 15.0 Å². The molecule has 0 aromatic heterocycles. The lowest BCUT2D eigenvalue weighted by Gasteiger charge is -2.33. The van der Waals surface area contributed by atoms with Crippen LogP contribution in [0.2, 0.25) is 0 Å². The largest absolute Gasteiger partial charge is 0.497 e. The number of hydrogen-bond donors (Lipinski definition) is 1. The standard InChI is InChI=1S/C26H34IN3O5S/c1-19(26(32)28-22-9-5-4-6-10-22)29(17-20-8-7-11-24(16-20)35-2)25(31)18-30(36(3,33)34)23-14-12-21(27)13-15-23/h7-8,11-16,19,22H,4-6,9-10,17-18H2,1-3H3,(H,28,32)/t19-/m0/s1. The second-order valence-electron chi connectivity index (χ2n) is 9.14. The van der Waals surface area contributed by atoms with Gasteiger partial charge in [-0.05, 0) is 84.3 Å². The normalized spacial score (nSPS) is 15.1. The molecule has 1 atom stereocenters. The highest BCUT2D eigenvalue weighted by Crippen LogP contribution is 2.22. The average Bonchev–Trinajstić information content (AvgIpc) is 2.86. The number of sulfonamides is 1. The predicted molar refractivity (Wildman–Crippen MR) is 149 cm³/mol. The summed E-state index contributed by atoms with van der Waals surface area (Å²) in [7, 11) is -2.19. The van der Waals surface area contributed by atoms with Crippen molar-refractivity contribution in [1.82, 2.24) is 10.2 Å². The van der Waals surface area contributed by atoms with Gasteiger partial charge >= 0.3 is 0 Å². The molecule has 1 N–H and O–H groups in total. The van der Waals surface area contributed by atoms with Gasteiger partial charge in [0, 0.05) is 16.2 Å². The molecule has 2 aromatic rings. The number of nitrogens with zero attached hydrogens (tertiary/aromatic N) is 2. The first-order valence-corrected chi connectivity index (χ1v) is 15.0. The van der Waals surface area contributed by atoms with E-state index in [-0.39, 0.29) is 18.5 Å². The van der Waals surface area contributed by atoms with Crippen LogP contribution in [0.5, 0.6) is 5.75 Å². The lowest BCUT2D eigenvalue weighted by molar-refractivity contribution is -0.139. The Morgan fingerprint density at radius 3 is 2.39 bits per heavy atom. The summed E-state index contributed by atoms with van der Waals surface area (Å²) in [6.45, 7) is 1.41. The number of carbonyl (C=O) groups excluding carboxylic acids is 2. The molecule has 10 heteroatoms. The Balaban J connectivity index is 1.87. The van der Waals surface area contributed by atoms with Crippen molar-refractivity contribution in [1.29, 1.82) is 0 Å². The summed E-state index contributed by atoms with van der Waals surface area (Å²) in [6.07, 6.45) is 6.25. The van der Waals surface area contributed by atoms with Gasteiger partial charge in [-0.25, -0.2) is 8.42 Å². The maximum Gasteiger partial charge on any atom is 0.244 e. The molecule has 196 valence electrons. The van der Waals surface area contributed by atoms with E-state index >= 15 is 0 Å². The third kappa shape index (κ3) is 7.83. The van der Waals surface area contributed by atoms with E-state index in [1.165, 1.54) is 11.3 Å². The highest BCUT2D eigenvalue weighted by atomic mass is 127. The highest BCUT2D eigenvalue weighted by molar-refractivity contribution is 14.1. The lowest BCUT2D eigenvalue weighted by atomic mass is 9.95. The fourth-order valence-electron chi connectivity index (χ4n) is 4.34. The van der Waals surface area contributed by atoms with Gasteiger partial charge in [0.1, 0.15) is 18.3 Å². The highest BCUT2D eigenvalue weighted by Gasteiger charge is 2.31. The number of methoxy groups -OCH3 is 1. The van der Waals surface area contributed by atoms with Gasteiger partial charge in [0.25, 0.3) is 0 Å². The first kappa shape index (κ1) is 28.2. The summed E-state index contributed by atoms with van der Waals surface area (Å²) in [5.41, 5.74) is 1.17. The zero-order valence-electron chi connectivity index (χ0n) is 20.9. The molecule has 2 amide bonds. The molecule has 0 spiro atoms. The molecule has 1 saturated carbocycles. The monoisotopic (exact) mass is 627 g/mol. The van der Waals surface area contributed by atoms with E-state index in [1.54, 1.807) is 50.4 Å². The predicted octanol–water partition coefficient (Wildman–Crippen LogP) is 3.93. The van der Waals surface area contributed by atoms with Gasteiger partial charge in [-0.3, -0.25) is 13.9 Å². The molecule has 8 nitrogen and oxygen atoms in total. The summed E-state index contributed by atoms with van der Waals surface area (Å²) in [6, 6.07) is 13.5. The number of hydrogen-bond acceptors (Lipinski definition) is 5. The van der Waals surface area contributed by atoms with E-state index < -0.39 is 28.5 Å². The quantitative estimate of drug-likeness (QED) is 0.403. The Kier molecular flexibility index (Phi) is 10.0. The fourth-order valence-corrected chi connectivity index (χ4v) is 5.55. The Hall–Kier alpha value is -2.34. The second-order valence-corrected chi connectivity index (χ2v) is 12.3. The minimum atomic E-state index is -3.75. The molecular weight excluding hydrogens is 593 g/mol. The molecule has 1 fully saturated rings. The molecule has 0 unspecified atom stereocenters. The second kappa shape index (κ2) is 12.8. The van der Waals surface area contributed by atoms with Crippen molar-refractivity contribution >= 4 is 50.1 Å². The molecule has 0 aliphatic heterocycles. The van der Waals surface area contributed by atoms with E-state index in [0.29, 0.717) is 11.4 Å². The number of amides is 2. The average molecular weight is 628 g/mol. The number of ether oxygens (including phenoxy) is 1. The van der Waals surface area contributed by atoms with Crippen LogP contribution in [0.15, 0.2) is 48.5 Å². The van der Waals surface area contributed by atoms with Crippen molar-refractivity contribution in [3.05, 3.63) is 57.7 Å². The molecule has 1 aliphatic carbocycles. The molecule has 36 heavy (non-hydrogen) atoms. The Bertz CT molecular complexity index is 1150. The van der Waals surface area contributed by atoms with Crippen LogP contribution in [-0.4, -0.2) is 57.1 Å². The molecule has 1 aliphatic rings. The maximum atomic E-state index is 13.6. The van der Waals surface area contributed by atoms with Crippen LogP contribution in [0.25, 0.3) is 0 Å². The van der Waals surface area contributed by atoms with Crippen LogP contribution in [-0.2, 0) is 26.2 Å². The number of halogens is 1. The van der Waals surface area contributed by atoms with Crippen LogP contribution in [0.1, 0.15) is 44.6 Å². The van der Waals surface area contributed by atoms with Crippen molar-refractivity contribution in [2.24, 2.45) is 0 Å². The molecule has 3 rings (SSSR count). The number of benzene rings is 2. The maximum absolute atomic E-state index is 13.6. The Morgan fingerprint density at radius 2 is 1.78 bits per heavy atom. The number of nitrogens with one attached hydrogen (secondary N) is 1. The first-order chi connectivity index (χ1) is 17.1. The van der Waals surface area contributed by atoms with Gasteiger partial charge in [0.05, 0.1) is 19.1 Å². The smallest absolute Gasteiger partial charge is 0.244 e. The zero-order chi connectivity index (χ0) is 26.3. The van der Waals surface area contributed by atoms with Crippen molar-refractivity contribution in [2.75, 3.05) is 24.2 Å². The van der Waals surface area contributed by atoms with Crippen molar-refractivity contribution < 1.29 is 22.7 Å². The van der Waals surface area contributed by atoms with Crippen LogP contribution < -0.4 is 14.4 Å². The van der Waals surface area contributed by atoms with Gasteiger partial charge in [-0.2, -0.15) is 0 Å². The molecule has 2 aromatic carbocycles. The van der Waals surface area contributed by atoms with Crippen LogP contribution in [0, 0.1) is 3.57 Å². The van der Waals surface area contributed by atoms with Crippen molar-refractivity contribution in [3.63, 3.8) is 0 Å². The van der Waals surface area contributed by atoms with Gasteiger partial charge in [0.2, 0.25) is 21.8 Å². The zero-order valence-corrected chi connectivity index (χ0v) is 23.9. The molecule has 0 heterocycles. The summed E-state index contributed by atoms with van der Waals surface area (Å²) in [5, 5.41) is 3.09. The third-order valence-corrected chi connectivity index (χ3v) is 8.26. The molecule has 0 saturated heterocycles. The van der Waals surface area contributed by atoms with Crippen molar-refractivity contribution in [2.45, 2.75) is 57.7 Å². The van der Waals surface area contributed by atoms with Gasteiger partial charge in [0.15, 0.2) is 0 Å². The van der Waals surface area contributed by atoms with E-state index in [0.717, 1.165) is 45.4 Å². The van der Waals surface area contributed by atoms with Crippen molar-refractivity contribution in [3.8, 4) is 5.75 Å². The van der Waals surface area contributed by atoms with E-state index in [9.17, 15) is 18.0 Å². The van der Waals surface area contributed by atoms with E-state index in [1.807, 2.05) is 12.1 Å². The topological polar surface area (TPSA) is 96.0 Å². The Labute approximate surface area is 227 Å². The first-order valence-electron chi connectivity index (χ1n) is 12.0. The minimum absolute atomic E-state index is 0.0989. The number of anilines is 1. The van der Waals surface area contributed by atoms with Gasteiger partial charge in [-0.15, -0.1) is 0 Å². The summed E-state index contributed by atoms with van der Waals surface area (Å²) in [5.74, 6) is -0.0673. The molecular formula is C26H34IN3O5S. The van der Waals surface area contributed by atoms with Crippen LogP contribution >= 0.6 is 22.6 Å². The van der Waals surface area contributed by atoms with Crippen LogP contribution in [0.3, 0.4) is 0 Å². The SMILES string of the molecule is COc1cccc(CN(C(=O)CN(c2ccc(I)cc2)S(C)(=O)=O)[C@@H](C)C(=O)NC2CCCCC2)c1. The number of carbonyl (C=O) groups is 2. The summed E-state index contributed by atoms with van der Waals surface area (Å²) in [4.78, 5) is 28.3.